The molecule has 0 aromatic heterocycles. The topological polar surface area (TPSA) is 144 Å². The monoisotopic (exact) mass is 264 g/mol. The minimum Gasteiger partial charge on any atom is -0.550 e. The first-order valence-corrected chi connectivity index (χ1v) is 3.26. The van der Waals surface area contributed by atoms with E-state index in [4.69, 9.17) is 25.5 Å². The smallest absolute Gasteiger partial charge is 0.550 e. The average molecular weight is 264 g/mol. The molecule has 0 aromatic carbocycles. The Morgan fingerprint density at radius 2 is 1.29 bits per heavy atom. The summed E-state index contributed by atoms with van der Waals surface area (Å²) in [6.07, 6.45) is 0. The Morgan fingerprint density at radius 1 is 1.21 bits per heavy atom. The summed E-state index contributed by atoms with van der Waals surface area (Å²) in [4.78, 5) is 17.8. The molecule has 7 nitrogen and oxygen atoms in total. The zero-order valence-electron chi connectivity index (χ0n) is 7.57. The first-order chi connectivity index (χ1) is 5.73. The summed E-state index contributed by atoms with van der Waals surface area (Å²) in [6, 6.07) is 0. The zero-order chi connectivity index (χ0) is 11.4. The summed E-state index contributed by atoms with van der Waals surface area (Å²) >= 11 is 4.24. The molecule has 0 atom stereocenters. The molecule has 0 aliphatic heterocycles. The zero-order valence-corrected chi connectivity index (χ0v) is 9.57. The molecule has 0 spiro atoms. The first-order valence-electron chi connectivity index (χ1n) is 2.85. The molecule has 0 bridgehead atoms. The van der Waals surface area contributed by atoms with E-state index in [2.05, 4.69) is 18.1 Å². The third-order valence-corrected chi connectivity index (χ3v) is 0.260. The number of thiocarbonyl (C=S) groups is 1. The Kier molecular flexibility index (Phi) is 29.8. The number of hydrogen-bond donors (Lipinski definition) is 3. The van der Waals surface area contributed by atoms with Gasteiger partial charge in [0.25, 0.3) is 0 Å². The second-order valence-corrected chi connectivity index (χ2v) is 1.93. The fourth-order valence-corrected chi connectivity index (χ4v) is 0. The molecule has 9 heteroatoms. The predicted molar refractivity (Wildman–Crippen MR) is 45.5 cm³/mol. The van der Waals surface area contributed by atoms with E-state index in [0.29, 0.717) is 0 Å². The van der Waals surface area contributed by atoms with Crippen LogP contribution in [-0.4, -0.2) is 17.1 Å². The van der Waals surface area contributed by atoms with Crippen molar-refractivity contribution in [2.24, 2.45) is 11.6 Å². The van der Waals surface area contributed by atoms with Crippen LogP contribution in [0.4, 0.5) is 0 Å². The van der Waals surface area contributed by atoms with E-state index >= 15 is 0 Å². The summed E-state index contributed by atoms with van der Waals surface area (Å²) in [6.45, 7) is 1.94. The molecule has 0 aliphatic carbocycles. The standard InChI is InChI=1S/2C2H4O2.CH5N3S.Mn/c2*1-2(3)4;2-1(5)4-3;/h2*1H3,(H,3,4);3H2,(H3,2,4,5);/q;;;+2/p-2. The summed E-state index contributed by atoms with van der Waals surface area (Å²) in [5.74, 6) is 2.49. The Bertz CT molecular complexity index is 158. The number of carbonyl (C=O) groups excluding carboxylic acids is 2. The molecule has 0 amide bonds. The minimum absolute atomic E-state index is 0. The number of carboxylic acid groups (broad SMARTS) is 2. The molecule has 83 valence electrons. The van der Waals surface area contributed by atoms with Crippen LogP contribution in [0.25, 0.3) is 0 Å². The van der Waals surface area contributed by atoms with Gasteiger partial charge in [0.1, 0.15) is 0 Å². The number of nitrogens with one attached hydrogen (secondary N) is 1. The SMILES string of the molecule is CC(=O)[O-].CC(=O)[O-].NNC(N)=S.[Mn+2]. The van der Waals surface area contributed by atoms with E-state index in [-0.39, 0.29) is 22.2 Å². The van der Waals surface area contributed by atoms with E-state index in [1.807, 2.05) is 5.43 Å². The Hall–Kier alpha value is -0.891. The van der Waals surface area contributed by atoms with Gasteiger partial charge in [-0.1, -0.05) is 0 Å². The van der Waals surface area contributed by atoms with Crippen molar-refractivity contribution in [2.45, 2.75) is 13.8 Å². The van der Waals surface area contributed by atoms with Gasteiger partial charge in [-0.05, 0) is 26.1 Å². The summed E-state index contributed by atoms with van der Waals surface area (Å²) < 4.78 is 0. The van der Waals surface area contributed by atoms with E-state index in [1.165, 1.54) is 0 Å². The average Bonchev–Trinajstić information content (AvgIpc) is 1.84. The first kappa shape index (κ1) is 23.2. The van der Waals surface area contributed by atoms with E-state index < -0.39 is 11.9 Å². The van der Waals surface area contributed by atoms with Crippen LogP contribution in [0, 0.1) is 0 Å². The van der Waals surface area contributed by atoms with Gasteiger partial charge in [0.15, 0.2) is 5.11 Å². The largest absolute Gasteiger partial charge is 2.00 e. The van der Waals surface area contributed by atoms with Crippen molar-refractivity contribution in [3.05, 3.63) is 0 Å². The van der Waals surface area contributed by atoms with Gasteiger partial charge in [0.2, 0.25) is 0 Å². The number of hydrazine groups is 1. The predicted octanol–water partition coefficient (Wildman–Crippen LogP) is -3.80. The number of hydrogen-bond acceptors (Lipinski definition) is 6. The molecule has 0 heterocycles. The maximum atomic E-state index is 8.89. The van der Waals surface area contributed by atoms with Gasteiger partial charge >= 0.3 is 17.1 Å². The van der Waals surface area contributed by atoms with Crippen molar-refractivity contribution in [3.8, 4) is 0 Å². The van der Waals surface area contributed by atoms with Gasteiger partial charge in [-0.25, -0.2) is 5.84 Å². The molecule has 5 N–H and O–H groups in total. The third-order valence-electron chi connectivity index (χ3n) is 0.142. The molecular weight excluding hydrogens is 253 g/mol. The molecule has 0 aromatic rings. The fraction of sp³-hybridized carbons (Fsp3) is 0.400. The molecular formula is C5H11MnN3O4S. The maximum Gasteiger partial charge on any atom is 2.00 e. The minimum atomic E-state index is -1.08. The van der Waals surface area contributed by atoms with E-state index in [1.54, 1.807) is 0 Å². The fourth-order valence-electron chi connectivity index (χ4n) is 0. The number of nitrogens with two attached hydrogens (primary N) is 2. The second-order valence-electron chi connectivity index (χ2n) is 1.49. The van der Waals surface area contributed by atoms with Crippen molar-refractivity contribution in [3.63, 3.8) is 0 Å². The molecule has 1 radical (unpaired) electrons. The molecule has 0 saturated carbocycles. The van der Waals surface area contributed by atoms with Crippen LogP contribution in [0.1, 0.15) is 13.8 Å². The summed E-state index contributed by atoms with van der Waals surface area (Å²) in [7, 11) is 0. The Balaban J connectivity index is -0.0000000522. The third kappa shape index (κ3) is 922. The summed E-state index contributed by atoms with van der Waals surface area (Å²) in [5.41, 5.74) is 6.82. The van der Waals surface area contributed by atoms with Crippen LogP contribution in [0.5, 0.6) is 0 Å². The second kappa shape index (κ2) is 18.0. The van der Waals surface area contributed by atoms with Crippen molar-refractivity contribution in [1.29, 1.82) is 0 Å². The number of aliphatic carboxylic acids is 2. The van der Waals surface area contributed by atoms with Crippen LogP contribution < -0.4 is 27.2 Å². The summed E-state index contributed by atoms with van der Waals surface area (Å²) in [5, 5.41) is 17.9. The molecule has 14 heavy (non-hydrogen) atoms. The van der Waals surface area contributed by atoms with Crippen LogP contribution in [0.3, 0.4) is 0 Å². The molecule has 0 aliphatic rings. The quantitative estimate of drug-likeness (QED) is 0.175. The number of rotatable bonds is 0. The van der Waals surface area contributed by atoms with Gasteiger partial charge in [0, 0.05) is 11.9 Å². The number of carboxylic acids is 2. The van der Waals surface area contributed by atoms with Gasteiger partial charge in [-0.15, -0.1) is 0 Å². The maximum absolute atomic E-state index is 8.89. The van der Waals surface area contributed by atoms with Crippen LogP contribution in [0.2, 0.25) is 0 Å². The van der Waals surface area contributed by atoms with Gasteiger partial charge < -0.3 is 31.0 Å². The normalized spacial score (nSPS) is 5.93. The Morgan fingerprint density at radius 3 is 1.29 bits per heavy atom. The Labute approximate surface area is 97.3 Å². The van der Waals surface area contributed by atoms with E-state index in [0.717, 1.165) is 13.8 Å². The van der Waals surface area contributed by atoms with Crippen molar-refractivity contribution < 1.29 is 36.9 Å². The van der Waals surface area contributed by atoms with Crippen molar-refractivity contribution in [1.82, 2.24) is 5.43 Å². The van der Waals surface area contributed by atoms with Gasteiger partial charge in [-0.2, -0.15) is 0 Å². The van der Waals surface area contributed by atoms with Gasteiger partial charge in [-0.3, -0.25) is 0 Å². The van der Waals surface area contributed by atoms with Crippen LogP contribution in [0.15, 0.2) is 0 Å². The molecule has 0 rings (SSSR count). The van der Waals surface area contributed by atoms with E-state index in [9.17, 15) is 0 Å². The molecule has 0 fully saturated rings. The number of carbonyl (C=O) groups is 2. The van der Waals surface area contributed by atoms with Gasteiger partial charge in [0.05, 0.1) is 0 Å². The van der Waals surface area contributed by atoms with Crippen LogP contribution >= 0.6 is 12.2 Å². The molecule has 0 saturated heterocycles. The van der Waals surface area contributed by atoms with Crippen molar-refractivity contribution in [2.75, 3.05) is 0 Å². The van der Waals surface area contributed by atoms with Crippen molar-refractivity contribution >= 4 is 29.3 Å². The molecule has 0 unspecified atom stereocenters. The van der Waals surface area contributed by atoms with Crippen LogP contribution in [-0.2, 0) is 26.7 Å².